The van der Waals surface area contributed by atoms with Gasteiger partial charge in [0.2, 0.25) is 0 Å². The highest BCUT2D eigenvalue weighted by Crippen LogP contribution is 2.37. The summed E-state index contributed by atoms with van der Waals surface area (Å²) in [5, 5.41) is 0. The molecule has 2 atom stereocenters. The van der Waals surface area contributed by atoms with Gasteiger partial charge in [-0.25, -0.2) is 0 Å². The maximum Gasteiger partial charge on any atom is 0.0438 e. The zero-order valence-corrected chi connectivity index (χ0v) is 10.9. The average molecular weight is 217 g/mol. The van der Waals surface area contributed by atoms with Crippen LogP contribution >= 0.6 is 0 Å². The molecule has 0 saturated heterocycles. The predicted octanol–water partition coefficient (Wildman–Crippen LogP) is 3.72. The number of pyridine rings is 1. The number of fused-ring (bicyclic) bond motifs is 1. The summed E-state index contributed by atoms with van der Waals surface area (Å²) < 4.78 is 0. The van der Waals surface area contributed by atoms with Crippen LogP contribution in [0.5, 0.6) is 0 Å². The molecule has 2 rings (SSSR count). The lowest BCUT2D eigenvalue weighted by atomic mass is 9.68. The van der Waals surface area contributed by atoms with E-state index in [1.165, 1.54) is 24.1 Å². The Morgan fingerprint density at radius 1 is 1.06 bits per heavy atom. The summed E-state index contributed by atoms with van der Waals surface area (Å²) in [7, 11) is 0. The first-order chi connectivity index (χ1) is 7.59. The molecule has 0 fully saturated rings. The van der Waals surface area contributed by atoms with Gasteiger partial charge in [0.15, 0.2) is 0 Å². The lowest BCUT2D eigenvalue weighted by molar-refractivity contribution is 0.179. The number of hydrogen-bond acceptors (Lipinski definition) is 1. The van der Waals surface area contributed by atoms with Crippen molar-refractivity contribution in [3.8, 4) is 0 Å². The Hall–Kier alpha value is -0.850. The fourth-order valence-electron chi connectivity index (χ4n) is 3.08. The minimum absolute atomic E-state index is 0.766. The second-order valence-corrected chi connectivity index (χ2v) is 5.83. The van der Waals surface area contributed by atoms with Gasteiger partial charge in [0.1, 0.15) is 0 Å². The van der Waals surface area contributed by atoms with Gasteiger partial charge < -0.3 is 0 Å². The number of hydrogen-bond donors (Lipinski definition) is 0. The minimum Gasteiger partial charge on any atom is -0.261 e. The van der Waals surface area contributed by atoms with E-state index in [1.54, 1.807) is 0 Å². The zero-order valence-electron chi connectivity index (χ0n) is 10.9. The van der Waals surface area contributed by atoms with E-state index in [4.69, 9.17) is 0 Å². The Kier molecular flexibility index (Phi) is 3.32. The third kappa shape index (κ3) is 2.14. The van der Waals surface area contributed by atoms with Crippen LogP contribution in [-0.2, 0) is 12.8 Å². The topological polar surface area (TPSA) is 12.9 Å². The molecule has 1 heterocycles. The Labute approximate surface area is 99.3 Å². The van der Waals surface area contributed by atoms with E-state index in [-0.39, 0.29) is 0 Å². The largest absolute Gasteiger partial charge is 0.261 e. The summed E-state index contributed by atoms with van der Waals surface area (Å²) >= 11 is 0. The Balaban J connectivity index is 2.29. The van der Waals surface area contributed by atoms with Gasteiger partial charge in [-0.1, -0.05) is 33.8 Å². The Bertz CT molecular complexity index is 319. The molecule has 0 aromatic carbocycles. The molecule has 1 aromatic heterocycles. The van der Waals surface area contributed by atoms with Crippen molar-refractivity contribution < 1.29 is 0 Å². The van der Waals surface area contributed by atoms with Crippen molar-refractivity contribution in [1.29, 1.82) is 0 Å². The highest BCUT2D eigenvalue weighted by Gasteiger charge is 2.32. The van der Waals surface area contributed by atoms with Crippen LogP contribution in [0.3, 0.4) is 0 Å². The molecule has 0 N–H and O–H groups in total. The predicted molar refractivity (Wildman–Crippen MR) is 68.3 cm³/mol. The molecule has 0 bridgehead atoms. The first-order valence-electron chi connectivity index (χ1n) is 6.52. The normalized spacial score (nSPS) is 24.9. The summed E-state index contributed by atoms with van der Waals surface area (Å²) in [5.74, 6) is 3.18. The van der Waals surface area contributed by atoms with Crippen LogP contribution in [0.15, 0.2) is 18.3 Å². The molecule has 1 aliphatic carbocycles. The van der Waals surface area contributed by atoms with E-state index < -0.39 is 0 Å². The van der Waals surface area contributed by atoms with Crippen LogP contribution in [0, 0.1) is 23.7 Å². The minimum atomic E-state index is 0.766. The van der Waals surface area contributed by atoms with Gasteiger partial charge in [0.25, 0.3) is 0 Å². The molecule has 88 valence electrons. The molecule has 0 aliphatic heterocycles. The van der Waals surface area contributed by atoms with E-state index in [1.807, 2.05) is 6.20 Å². The quantitative estimate of drug-likeness (QED) is 0.735. The third-order valence-corrected chi connectivity index (χ3v) is 4.13. The second-order valence-electron chi connectivity index (χ2n) is 5.83. The molecule has 1 nitrogen and oxygen atoms in total. The second kappa shape index (κ2) is 4.57. The lowest BCUT2D eigenvalue weighted by Crippen LogP contribution is -2.33. The van der Waals surface area contributed by atoms with Crippen molar-refractivity contribution in [2.24, 2.45) is 23.7 Å². The molecule has 16 heavy (non-hydrogen) atoms. The highest BCUT2D eigenvalue weighted by atomic mass is 14.7. The van der Waals surface area contributed by atoms with Crippen molar-refractivity contribution in [2.45, 2.75) is 40.5 Å². The molecule has 0 spiro atoms. The van der Waals surface area contributed by atoms with Gasteiger partial charge in [0.05, 0.1) is 0 Å². The standard InChI is InChI=1S/C15H23N/c1-10(2)13-8-12-6-5-7-16-15(12)9-14(13)11(3)4/h5-7,10-11,13-14H,8-9H2,1-4H3. The number of nitrogens with zero attached hydrogens (tertiary/aromatic N) is 1. The SMILES string of the molecule is CC(C)C1Cc2cccnc2CC1C(C)C. The maximum atomic E-state index is 4.55. The van der Waals surface area contributed by atoms with E-state index in [2.05, 4.69) is 44.8 Å². The zero-order chi connectivity index (χ0) is 11.7. The van der Waals surface area contributed by atoms with Gasteiger partial charge >= 0.3 is 0 Å². The van der Waals surface area contributed by atoms with E-state index in [0.29, 0.717) is 0 Å². The summed E-state index contributed by atoms with van der Waals surface area (Å²) in [6.07, 6.45) is 4.34. The van der Waals surface area contributed by atoms with E-state index in [0.717, 1.165) is 23.7 Å². The average Bonchev–Trinajstić information content (AvgIpc) is 2.27. The summed E-state index contributed by atoms with van der Waals surface area (Å²) in [6.45, 7) is 9.44. The van der Waals surface area contributed by atoms with Crippen LogP contribution in [0.25, 0.3) is 0 Å². The van der Waals surface area contributed by atoms with Gasteiger partial charge in [-0.05, 0) is 48.1 Å². The molecule has 1 aromatic rings. The first kappa shape index (κ1) is 11.6. The van der Waals surface area contributed by atoms with Crippen LogP contribution in [0.2, 0.25) is 0 Å². The monoisotopic (exact) mass is 217 g/mol. The Morgan fingerprint density at radius 3 is 2.31 bits per heavy atom. The van der Waals surface area contributed by atoms with Crippen LogP contribution < -0.4 is 0 Å². The first-order valence-corrected chi connectivity index (χ1v) is 6.52. The van der Waals surface area contributed by atoms with Crippen LogP contribution in [0.4, 0.5) is 0 Å². The molecular weight excluding hydrogens is 194 g/mol. The van der Waals surface area contributed by atoms with E-state index in [9.17, 15) is 0 Å². The summed E-state index contributed by atoms with van der Waals surface area (Å²) in [6, 6.07) is 4.33. The smallest absolute Gasteiger partial charge is 0.0438 e. The van der Waals surface area contributed by atoms with Gasteiger partial charge in [0, 0.05) is 11.9 Å². The fourth-order valence-corrected chi connectivity index (χ4v) is 3.08. The van der Waals surface area contributed by atoms with Crippen molar-refractivity contribution in [3.05, 3.63) is 29.6 Å². The molecule has 0 saturated carbocycles. The van der Waals surface area contributed by atoms with Crippen LogP contribution in [0.1, 0.15) is 39.0 Å². The molecule has 0 radical (unpaired) electrons. The summed E-state index contributed by atoms with van der Waals surface area (Å²) in [4.78, 5) is 4.55. The number of aromatic nitrogens is 1. The lowest BCUT2D eigenvalue weighted by Gasteiger charge is -2.37. The summed E-state index contributed by atoms with van der Waals surface area (Å²) in [5.41, 5.74) is 2.83. The van der Waals surface area contributed by atoms with Crippen molar-refractivity contribution in [1.82, 2.24) is 4.98 Å². The maximum absolute atomic E-state index is 4.55. The Morgan fingerprint density at radius 2 is 1.69 bits per heavy atom. The molecular formula is C15H23N. The third-order valence-electron chi connectivity index (χ3n) is 4.13. The van der Waals surface area contributed by atoms with Crippen molar-refractivity contribution in [3.63, 3.8) is 0 Å². The molecule has 0 amide bonds. The van der Waals surface area contributed by atoms with Crippen LogP contribution in [-0.4, -0.2) is 4.98 Å². The van der Waals surface area contributed by atoms with Gasteiger partial charge in [-0.2, -0.15) is 0 Å². The van der Waals surface area contributed by atoms with Gasteiger partial charge in [-0.15, -0.1) is 0 Å². The van der Waals surface area contributed by atoms with Crippen molar-refractivity contribution in [2.75, 3.05) is 0 Å². The highest BCUT2D eigenvalue weighted by molar-refractivity contribution is 5.24. The molecule has 1 aliphatic rings. The van der Waals surface area contributed by atoms with Crippen molar-refractivity contribution >= 4 is 0 Å². The van der Waals surface area contributed by atoms with E-state index >= 15 is 0 Å². The van der Waals surface area contributed by atoms with Gasteiger partial charge in [-0.3, -0.25) is 4.98 Å². The molecule has 2 unspecified atom stereocenters. The number of rotatable bonds is 2. The molecule has 1 heteroatoms. The fraction of sp³-hybridized carbons (Fsp3) is 0.667.